The number of nitrogens with one attached hydrogen (secondary N) is 1. The van der Waals surface area contributed by atoms with Crippen molar-refractivity contribution in [2.24, 2.45) is 11.8 Å². The quantitative estimate of drug-likeness (QED) is 0.606. The number of ether oxygens (including phenoxy) is 1. The number of anilines is 1. The van der Waals surface area contributed by atoms with E-state index in [1.165, 1.54) is 12.8 Å². The predicted molar refractivity (Wildman–Crippen MR) is 124 cm³/mol. The zero-order valence-corrected chi connectivity index (χ0v) is 18.9. The summed E-state index contributed by atoms with van der Waals surface area (Å²) >= 11 is 0. The lowest BCUT2D eigenvalue weighted by atomic mass is 9.47. The topological polar surface area (TPSA) is 99.1 Å². The molecule has 2 saturated carbocycles. The molecule has 5 aliphatic rings. The third-order valence-electron chi connectivity index (χ3n) is 8.99. The third kappa shape index (κ3) is 2.54. The fraction of sp³-hybridized carbons (Fsp3) is 0.481. The minimum Gasteiger partial charge on any atom is -0.504 e. The summed E-state index contributed by atoms with van der Waals surface area (Å²) in [5.41, 5.74) is 0.203. The number of nitrogens with zero attached hydrogens (tertiary/aromatic N) is 1. The Morgan fingerprint density at radius 3 is 2.74 bits per heavy atom. The Labute approximate surface area is 197 Å². The van der Waals surface area contributed by atoms with Gasteiger partial charge in [-0.25, -0.2) is 0 Å². The number of carbonyl (C=O) groups is 2. The van der Waals surface area contributed by atoms with Crippen LogP contribution in [0.25, 0.3) is 0 Å². The van der Waals surface area contributed by atoms with Gasteiger partial charge in [0.25, 0.3) is 0 Å². The Bertz CT molecular complexity index is 1210. The number of phenols is 1. The Morgan fingerprint density at radius 1 is 1.18 bits per heavy atom. The zero-order valence-electron chi connectivity index (χ0n) is 18.9. The Hall–Kier alpha value is -2.90. The van der Waals surface area contributed by atoms with Crippen molar-refractivity contribution in [1.29, 1.82) is 0 Å². The van der Waals surface area contributed by atoms with Crippen molar-refractivity contribution in [1.82, 2.24) is 4.90 Å². The number of Topliss-reactive ketones (excluding diaryl/α,β-unsaturated/α-hetero) is 1. The second kappa shape index (κ2) is 6.83. The molecule has 7 rings (SSSR count). The van der Waals surface area contributed by atoms with Crippen molar-refractivity contribution in [3.8, 4) is 11.5 Å². The van der Waals surface area contributed by atoms with Crippen LogP contribution in [-0.2, 0) is 21.4 Å². The van der Waals surface area contributed by atoms with E-state index in [2.05, 4.69) is 10.2 Å². The molecule has 3 fully saturated rings. The molecule has 1 spiro atoms. The number of para-hydroxylation sites is 1. The summed E-state index contributed by atoms with van der Waals surface area (Å²) in [6.07, 6.45) is 2.70. The third-order valence-corrected chi connectivity index (χ3v) is 8.99. The number of carbonyl (C=O) groups excluding carboxylic acids is 2. The van der Waals surface area contributed by atoms with Crippen molar-refractivity contribution in [2.75, 3.05) is 18.4 Å². The summed E-state index contributed by atoms with van der Waals surface area (Å²) in [6, 6.07) is 12.4. The molecular weight excluding hydrogens is 432 g/mol. The summed E-state index contributed by atoms with van der Waals surface area (Å²) < 4.78 is 6.19. The van der Waals surface area contributed by atoms with Crippen LogP contribution in [0.3, 0.4) is 0 Å². The molecule has 176 valence electrons. The van der Waals surface area contributed by atoms with Gasteiger partial charge in [0.15, 0.2) is 23.4 Å². The summed E-state index contributed by atoms with van der Waals surface area (Å²) in [5, 5.41) is 26.1. The molecular formula is C27H28N2O5. The minimum absolute atomic E-state index is 0.0122. The number of piperidine rings is 1. The molecule has 2 aromatic carbocycles. The highest BCUT2D eigenvalue weighted by Crippen LogP contribution is 2.65. The number of phenolic OH excluding ortho intramolecular Hbond substituents is 1. The number of hydrogen-bond donors (Lipinski definition) is 3. The number of ketones is 1. The van der Waals surface area contributed by atoms with Crippen molar-refractivity contribution < 1.29 is 24.5 Å². The summed E-state index contributed by atoms with van der Waals surface area (Å²) in [6.45, 7) is 1.70. The van der Waals surface area contributed by atoms with E-state index >= 15 is 0 Å². The predicted octanol–water partition coefficient (Wildman–Crippen LogP) is 2.39. The molecule has 2 aliphatic heterocycles. The van der Waals surface area contributed by atoms with Crippen molar-refractivity contribution in [3.05, 3.63) is 53.6 Å². The van der Waals surface area contributed by atoms with Crippen LogP contribution in [0.1, 0.15) is 36.8 Å². The molecule has 34 heavy (non-hydrogen) atoms. The fourth-order valence-corrected chi connectivity index (χ4v) is 7.27. The molecule has 0 radical (unpaired) electrons. The van der Waals surface area contributed by atoms with Crippen LogP contribution < -0.4 is 10.1 Å². The summed E-state index contributed by atoms with van der Waals surface area (Å²) in [7, 11) is 0. The van der Waals surface area contributed by atoms with Crippen molar-refractivity contribution >= 4 is 17.4 Å². The maximum Gasteiger partial charge on any atom is 0.235 e. The van der Waals surface area contributed by atoms with E-state index in [9.17, 15) is 19.8 Å². The van der Waals surface area contributed by atoms with Crippen LogP contribution in [0.15, 0.2) is 42.5 Å². The van der Waals surface area contributed by atoms with E-state index < -0.39 is 28.9 Å². The fourth-order valence-electron chi connectivity index (χ4n) is 7.27. The van der Waals surface area contributed by atoms with Gasteiger partial charge in [0, 0.05) is 23.8 Å². The molecule has 5 atom stereocenters. The van der Waals surface area contributed by atoms with Gasteiger partial charge in [-0.1, -0.05) is 24.3 Å². The lowest BCUT2D eigenvalue weighted by Crippen LogP contribution is -2.78. The summed E-state index contributed by atoms with van der Waals surface area (Å²) in [4.78, 5) is 29.5. The standard InChI is InChI=1S/C27H28N2O5/c30-19-9-8-16-12-20-27(33)13-18(25(32)28-17-4-2-1-3-5-17)22(31)24-26(27,21(16)23(19)34-24)10-11-29(20)14-15-6-7-15/h1-5,8-9,15,18,20,24,30,33H,6-7,10-14H2,(H,28,32)/t18?,20-,24+,26+,27-/m1/s1. The second-order valence-corrected chi connectivity index (χ2v) is 10.8. The lowest BCUT2D eigenvalue weighted by molar-refractivity contribution is -0.197. The van der Waals surface area contributed by atoms with E-state index in [0.717, 1.165) is 24.2 Å². The highest BCUT2D eigenvalue weighted by Gasteiger charge is 2.75. The van der Waals surface area contributed by atoms with E-state index in [4.69, 9.17) is 4.74 Å². The van der Waals surface area contributed by atoms with E-state index in [-0.39, 0.29) is 24.0 Å². The first kappa shape index (κ1) is 20.5. The smallest absolute Gasteiger partial charge is 0.235 e. The Kier molecular flexibility index (Phi) is 4.11. The first-order valence-electron chi connectivity index (χ1n) is 12.3. The van der Waals surface area contributed by atoms with Crippen LogP contribution in [0, 0.1) is 11.8 Å². The van der Waals surface area contributed by atoms with Gasteiger partial charge in [-0.15, -0.1) is 0 Å². The Morgan fingerprint density at radius 2 is 1.97 bits per heavy atom. The number of aliphatic hydroxyl groups is 1. The Balaban J connectivity index is 1.34. The molecule has 3 N–H and O–H groups in total. The molecule has 1 saturated heterocycles. The molecule has 2 aromatic rings. The molecule has 2 heterocycles. The highest BCUT2D eigenvalue weighted by molar-refractivity contribution is 6.10. The lowest BCUT2D eigenvalue weighted by Gasteiger charge is -2.63. The molecule has 7 nitrogen and oxygen atoms in total. The molecule has 7 heteroatoms. The first-order chi connectivity index (χ1) is 16.4. The van der Waals surface area contributed by atoms with Crippen LogP contribution in [0.5, 0.6) is 11.5 Å². The van der Waals surface area contributed by atoms with Crippen LogP contribution in [-0.4, -0.2) is 57.6 Å². The SMILES string of the molecule is O=C(Nc1ccccc1)C1C[C@@]2(O)[C@H]3Cc4ccc(O)c5c4[C@@]2(CCN3CC2CC2)[C@@H](O5)C1=O. The highest BCUT2D eigenvalue weighted by atomic mass is 16.5. The van der Waals surface area contributed by atoms with Gasteiger partial charge in [-0.3, -0.25) is 14.5 Å². The van der Waals surface area contributed by atoms with E-state index in [1.54, 1.807) is 18.2 Å². The van der Waals surface area contributed by atoms with Gasteiger partial charge >= 0.3 is 0 Å². The van der Waals surface area contributed by atoms with Crippen LogP contribution in [0.4, 0.5) is 5.69 Å². The van der Waals surface area contributed by atoms with Gasteiger partial charge in [-0.05, 0) is 68.3 Å². The average Bonchev–Trinajstić information content (AvgIpc) is 3.56. The van der Waals surface area contributed by atoms with E-state index in [1.807, 2.05) is 24.3 Å². The second-order valence-electron chi connectivity index (χ2n) is 10.8. The molecule has 1 unspecified atom stereocenters. The maximum absolute atomic E-state index is 13.8. The number of likely N-dealkylation sites (tertiary alicyclic amines) is 1. The van der Waals surface area contributed by atoms with Gasteiger partial charge in [0.05, 0.1) is 11.0 Å². The van der Waals surface area contributed by atoms with Gasteiger partial charge < -0.3 is 20.3 Å². The minimum atomic E-state index is -1.30. The van der Waals surface area contributed by atoms with Crippen LogP contribution >= 0.6 is 0 Å². The zero-order chi connectivity index (χ0) is 23.2. The normalized spacial score (nSPS) is 35.4. The first-order valence-corrected chi connectivity index (χ1v) is 12.3. The van der Waals surface area contributed by atoms with Crippen LogP contribution in [0.2, 0.25) is 0 Å². The monoisotopic (exact) mass is 460 g/mol. The van der Waals surface area contributed by atoms with Crippen molar-refractivity contribution in [3.63, 3.8) is 0 Å². The van der Waals surface area contributed by atoms with Gasteiger partial charge in [-0.2, -0.15) is 0 Å². The number of hydrogen-bond acceptors (Lipinski definition) is 6. The van der Waals surface area contributed by atoms with E-state index in [0.29, 0.717) is 30.2 Å². The molecule has 3 aliphatic carbocycles. The average molecular weight is 461 g/mol. The van der Waals surface area contributed by atoms with Crippen molar-refractivity contribution in [2.45, 2.75) is 55.3 Å². The number of amides is 1. The number of rotatable bonds is 4. The maximum atomic E-state index is 13.8. The number of benzene rings is 2. The molecule has 1 amide bonds. The van der Waals surface area contributed by atoms with Gasteiger partial charge in [0.1, 0.15) is 5.92 Å². The largest absolute Gasteiger partial charge is 0.504 e. The molecule has 2 bridgehead atoms. The summed E-state index contributed by atoms with van der Waals surface area (Å²) in [5.74, 6) is -0.789. The van der Waals surface area contributed by atoms with Gasteiger partial charge in [0.2, 0.25) is 5.91 Å². The number of aromatic hydroxyl groups is 1. The molecule has 0 aromatic heterocycles.